The third-order valence-electron chi connectivity index (χ3n) is 2.66. The van der Waals surface area contributed by atoms with E-state index in [4.69, 9.17) is 0 Å². The van der Waals surface area contributed by atoms with Gasteiger partial charge >= 0.3 is 0 Å². The molecule has 4 nitrogen and oxygen atoms in total. The van der Waals surface area contributed by atoms with Crippen LogP contribution in [0, 0.1) is 5.82 Å². The maximum atomic E-state index is 13.8. The molecular weight excluding hydrogens is 233 g/mol. The molecule has 96 valence electrons. The topological polar surface area (TPSA) is 50.9 Å². The lowest BCUT2D eigenvalue weighted by Gasteiger charge is -2.24. The predicted octanol–water partition coefficient (Wildman–Crippen LogP) is 2.33. The van der Waals surface area contributed by atoms with Crippen molar-refractivity contribution in [3.05, 3.63) is 35.9 Å². The first-order valence-corrected chi connectivity index (χ1v) is 5.75. The highest BCUT2D eigenvalue weighted by molar-refractivity contribution is 5.56. The molecule has 0 saturated carbocycles. The van der Waals surface area contributed by atoms with Crippen LogP contribution in [0.1, 0.15) is 26.6 Å². The summed E-state index contributed by atoms with van der Waals surface area (Å²) < 4.78 is 15.6. The summed E-state index contributed by atoms with van der Waals surface area (Å²) in [6, 6.07) is 6.42. The number of halogens is 1. The highest BCUT2D eigenvalue weighted by Gasteiger charge is 2.24. The van der Waals surface area contributed by atoms with E-state index < -0.39 is 0 Å². The van der Waals surface area contributed by atoms with E-state index in [9.17, 15) is 9.50 Å². The molecule has 0 amide bonds. The number of hydrogen-bond acceptors (Lipinski definition) is 3. The van der Waals surface area contributed by atoms with Crippen molar-refractivity contribution in [1.29, 1.82) is 0 Å². The second-order valence-corrected chi connectivity index (χ2v) is 5.08. The van der Waals surface area contributed by atoms with Crippen LogP contribution < -0.4 is 0 Å². The largest absolute Gasteiger partial charge is 0.388 e. The summed E-state index contributed by atoms with van der Waals surface area (Å²) in [7, 11) is 0. The first-order chi connectivity index (χ1) is 8.45. The van der Waals surface area contributed by atoms with E-state index in [1.54, 1.807) is 22.8 Å². The van der Waals surface area contributed by atoms with Crippen LogP contribution in [0.15, 0.2) is 24.3 Å². The number of aliphatic hydroxyl groups excluding tert-OH is 1. The van der Waals surface area contributed by atoms with Gasteiger partial charge in [0.25, 0.3) is 0 Å². The SMILES string of the molecule is CC(C)(C)n1c(CO)nnc1-c1ccccc1F. The molecule has 0 atom stereocenters. The Kier molecular flexibility index (Phi) is 3.17. The van der Waals surface area contributed by atoms with Gasteiger partial charge in [-0.3, -0.25) is 0 Å². The minimum Gasteiger partial charge on any atom is -0.388 e. The van der Waals surface area contributed by atoms with Crippen molar-refractivity contribution in [3.8, 4) is 11.4 Å². The fourth-order valence-electron chi connectivity index (χ4n) is 1.94. The Morgan fingerprint density at radius 1 is 1.22 bits per heavy atom. The first kappa shape index (κ1) is 12.7. The Morgan fingerprint density at radius 2 is 1.89 bits per heavy atom. The van der Waals surface area contributed by atoms with Crippen LogP contribution in [0.5, 0.6) is 0 Å². The summed E-state index contributed by atoms with van der Waals surface area (Å²) in [5.41, 5.74) is 0.0544. The van der Waals surface area contributed by atoms with Crippen molar-refractivity contribution in [1.82, 2.24) is 14.8 Å². The molecule has 1 heterocycles. The highest BCUT2D eigenvalue weighted by atomic mass is 19.1. The molecule has 0 aliphatic heterocycles. The van der Waals surface area contributed by atoms with Crippen molar-refractivity contribution in [2.45, 2.75) is 32.9 Å². The number of aliphatic hydroxyl groups is 1. The van der Waals surface area contributed by atoms with Crippen LogP contribution >= 0.6 is 0 Å². The number of benzene rings is 1. The molecule has 0 spiro atoms. The van der Waals surface area contributed by atoms with Gasteiger partial charge in [-0.05, 0) is 32.9 Å². The van der Waals surface area contributed by atoms with Gasteiger partial charge in [-0.1, -0.05) is 12.1 Å². The minimum atomic E-state index is -0.347. The maximum absolute atomic E-state index is 13.8. The van der Waals surface area contributed by atoms with Crippen LogP contribution in [0.4, 0.5) is 4.39 Å². The highest BCUT2D eigenvalue weighted by Crippen LogP contribution is 2.27. The zero-order chi connectivity index (χ0) is 13.3. The van der Waals surface area contributed by atoms with Crippen molar-refractivity contribution < 1.29 is 9.50 Å². The van der Waals surface area contributed by atoms with Gasteiger partial charge in [0.2, 0.25) is 0 Å². The molecule has 0 bridgehead atoms. The lowest BCUT2D eigenvalue weighted by Crippen LogP contribution is -2.25. The third kappa shape index (κ3) is 2.13. The number of hydrogen-bond donors (Lipinski definition) is 1. The van der Waals surface area contributed by atoms with Crippen LogP contribution in [-0.2, 0) is 12.1 Å². The van der Waals surface area contributed by atoms with Crippen molar-refractivity contribution in [2.75, 3.05) is 0 Å². The summed E-state index contributed by atoms with van der Waals surface area (Å²) in [5, 5.41) is 17.2. The Balaban J connectivity index is 2.66. The minimum absolute atomic E-state index is 0.223. The van der Waals surface area contributed by atoms with Gasteiger partial charge in [-0.15, -0.1) is 10.2 Å². The molecule has 0 fully saturated rings. The van der Waals surface area contributed by atoms with Crippen LogP contribution in [0.2, 0.25) is 0 Å². The van der Waals surface area contributed by atoms with E-state index in [1.807, 2.05) is 20.8 Å². The molecule has 0 radical (unpaired) electrons. The van der Waals surface area contributed by atoms with Gasteiger partial charge in [0, 0.05) is 5.54 Å². The summed E-state index contributed by atoms with van der Waals surface area (Å²) in [6.07, 6.45) is 0. The van der Waals surface area contributed by atoms with E-state index in [0.717, 1.165) is 0 Å². The number of rotatable bonds is 2. The molecule has 0 saturated heterocycles. The van der Waals surface area contributed by atoms with E-state index in [-0.39, 0.29) is 18.0 Å². The molecule has 0 aliphatic carbocycles. The first-order valence-electron chi connectivity index (χ1n) is 5.75. The summed E-state index contributed by atoms with van der Waals surface area (Å²) in [5.74, 6) is 0.519. The Labute approximate surface area is 105 Å². The van der Waals surface area contributed by atoms with Crippen LogP contribution in [0.25, 0.3) is 11.4 Å². The average Bonchev–Trinajstić information content (AvgIpc) is 2.73. The van der Waals surface area contributed by atoms with E-state index in [0.29, 0.717) is 17.2 Å². The Bertz CT molecular complexity index is 558. The van der Waals surface area contributed by atoms with Gasteiger partial charge < -0.3 is 9.67 Å². The molecular formula is C13H16FN3O. The molecule has 0 aliphatic rings. The molecule has 1 N–H and O–H groups in total. The van der Waals surface area contributed by atoms with Crippen molar-refractivity contribution in [3.63, 3.8) is 0 Å². The molecule has 5 heteroatoms. The van der Waals surface area contributed by atoms with Crippen LogP contribution in [0.3, 0.4) is 0 Å². The zero-order valence-electron chi connectivity index (χ0n) is 10.7. The van der Waals surface area contributed by atoms with E-state index in [2.05, 4.69) is 10.2 Å². The van der Waals surface area contributed by atoms with E-state index in [1.165, 1.54) is 6.07 Å². The summed E-state index contributed by atoms with van der Waals surface area (Å²) >= 11 is 0. The number of aromatic nitrogens is 3. The molecule has 1 aromatic heterocycles. The molecule has 2 rings (SSSR count). The summed E-state index contributed by atoms with van der Waals surface area (Å²) in [6.45, 7) is 5.65. The van der Waals surface area contributed by atoms with Gasteiger partial charge in [-0.25, -0.2) is 4.39 Å². The standard InChI is InChI=1S/C13H16FN3O/c1-13(2,3)17-11(8-18)15-16-12(17)9-6-4-5-7-10(9)14/h4-7,18H,8H2,1-3H3. The fraction of sp³-hybridized carbons (Fsp3) is 0.385. The fourth-order valence-corrected chi connectivity index (χ4v) is 1.94. The lowest BCUT2D eigenvalue weighted by atomic mass is 10.1. The summed E-state index contributed by atoms with van der Waals surface area (Å²) in [4.78, 5) is 0. The molecule has 0 unspecified atom stereocenters. The molecule has 1 aromatic carbocycles. The van der Waals surface area contributed by atoms with Crippen molar-refractivity contribution >= 4 is 0 Å². The van der Waals surface area contributed by atoms with Gasteiger partial charge in [-0.2, -0.15) is 0 Å². The predicted molar refractivity (Wildman–Crippen MR) is 66.3 cm³/mol. The second kappa shape index (κ2) is 4.49. The zero-order valence-corrected chi connectivity index (χ0v) is 10.7. The Hall–Kier alpha value is -1.75. The van der Waals surface area contributed by atoms with Gasteiger partial charge in [0.1, 0.15) is 12.4 Å². The van der Waals surface area contributed by atoms with Gasteiger partial charge in [0.05, 0.1) is 5.56 Å². The smallest absolute Gasteiger partial charge is 0.167 e. The average molecular weight is 249 g/mol. The monoisotopic (exact) mass is 249 g/mol. The maximum Gasteiger partial charge on any atom is 0.167 e. The van der Waals surface area contributed by atoms with Crippen molar-refractivity contribution in [2.24, 2.45) is 0 Å². The number of nitrogens with zero attached hydrogens (tertiary/aromatic N) is 3. The van der Waals surface area contributed by atoms with Gasteiger partial charge in [0.15, 0.2) is 11.6 Å². The second-order valence-electron chi connectivity index (χ2n) is 5.08. The molecule has 2 aromatic rings. The normalized spacial score (nSPS) is 11.8. The quantitative estimate of drug-likeness (QED) is 0.888. The Morgan fingerprint density at radius 3 is 2.44 bits per heavy atom. The van der Waals surface area contributed by atoms with E-state index >= 15 is 0 Å². The molecule has 18 heavy (non-hydrogen) atoms. The van der Waals surface area contributed by atoms with Crippen LogP contribution in [-0.4, -0.2) is 19.9 Å². The lowest BCUT2D eigenvalue weighted by molar-refractivity contribution is 0.250. The third-order valence-corrected chi connectivity index (χ3v) is 2.66.